The van der Waals surface area contributed by atoms with Crippen molar-refractivity contribution in [3.05, 3.63) is 65.9 Å². The number of aliphatic hydroxyl groups is 1. The van der Waals surface area contributed by atoms with Gasteiger partial charge in [0.05, 0.1) is 30.7 Å². The quantitative estimate of drug-likeness (QED) is 0.391. The molecule has 32 heavy (non-hydrogen) atoms. The minimum atomic E-state index is -3.30. The lowest BCUT2D eigenvalue weighted by molar-refractivity contribution is -0.143. The zero-order valence-corrected chi connectivity index (χ0v) is 19.2. The highest BCUT2D eigenvalue weighted by atomic mass is 32.2. The zero-order valence-electron chi connectivity index (χ0n) is 18.4. The molecule has 0 radical (unpaired) electrons. The van der Waals surface area contributed by atoms with E-state index >= 15 is 0 Å². The normalized spacial score (nSPS) is 11.4. The molecule has 0 aliphatic rings. The van der Waals surface area contributed by atoms with Crippen molar-refractivity contribution in [2.75, 3.05) is 26.6 Å². The molecule has 0 fully saturated rings. The van der Waals surface area contributed by atoms with Gasteiger partial charge in [0.15, 0.2) is 9.84 Å². The highest BCUT2D eigenvalue weighted by Crippen LogP contribution is 2.31. The van der Waals surface area contributed by atoms with Crippen LogP contribution in [0.25, 0.3) is 16.9 Å². The maximum atomic E-state index is 12.3. The van der Waals surface area contributed by atoms with Gasteiger partial charge >= 0.3 is 5.97 Å². The molecule has 8 heteroatoms. The standard InChI is InChI=1S/C24H27NO6S/c1-17-19(16-24(27)31-14-4-13-26)15-23(18-5-11-22(12-6-18)32(3,28)29)25(17)20-7-9-21(30-2)10-8-20/h5-12,15,26H,4,13-14,16H2,1-3H3. The Kier molecular flexibility index (Phi) is 7.37. The fraction of sp³-hybridized carbons (Fsp3) is 0.292. The Morgan fingerprint density at radius 1 is 1.06 bits per heavy atom. The van der Waals surface area contributed by atoms with Crippen LogP contribution >= 0.6 is 0 Å². The van der Waals surface area contributed by atoms with Crippen molar-refractivity contribution >= 4 is 15.8 Å². The molecule has 1 heterocycles. The summed E-state index contributed by atoms with van der Waals surface area (Å²) in [7, 11) is -1.70. The van der Waals surface area contributed by atoms with E-state index in [2.05, 4.69) is 0 Å². The lowest BCUT2D eigenvalue weighted by Gasteiger charge is -2.13. The Balaban J connectivity index is 2.04. The Morgan fingerprint density at radius 2 is 1.72 bits per heavy atom. The van der Waals surface area contributed by atoms with E-state index < -0.39 is 9.84 Å². The summed E-state index contributed by atoms with van der Waals surface area (Å²) in [5.74, 6) is 0.359. The van der Waals surface area contributed by atoms with Gasteiger partial charge in [0.1, 0.15) is 5.75 Å². The van der Waals surface area contributed by atoms with Crippen LogP contribution in [0.3, 0.4) is 0 Å². The molecule has 0 saturated carbocycles. The summed E-state index contributed by atoms with van der Waals surface area (Å²) in [6, 6.07) is 16.1. The molecule has 0 atom stereocenters. The number of nitrogens with zero attached hydrogens (tertiary/aromatic N) is 1. The van der Waals surface area contributed by atoms with Crippen molar-refractivity contribution in [3.63, 3.8) is 0 Å². The van der Waals surface area contributed by atoms with Crippen molar-refractivity contribution in [1.29, 1.82) is 0 Å². The third-order valence-electron chi connectivity index (χ3n) is 5.16. The summed E-state index contributed by atoms with van der Waals surface area (Å²) in [6.07, 6.45) is 1.66. The van der Waals surface area contributed by atoms with Gasteiger partial charge in [0.25, 0.3) is 0 Å². The lowest BCUT2D eigenvalue weighted by atomic mass is 10.1. The number of sulfone groups is 1. The first-order chi connectivity index (χ1) is 15.2. The number of hydrogen-bond acceptors (Lipinski definition) is 6. The molecule has 0 aliphatic heterocycles. The SMILES string of the molecule is COc1ccc(-n2c(-c3ccc(S(C)(=O)=O)cc3)cc(CC(=O)OCCCO)c2C)cc1. The highest BCUT2D eigenvalue weighted by molar-refractivity contribution is 7.90. The van der Waals surface area contributed by atoms with E-state index in [1.54, 1.807) is 31.4 Å². The number of carbonyl (C=O) groups is 1. The molecule has 1 aromatic heterocycles. The average Bonchev–Trinajstić information content (AvgIpc) is 3.09. The van der Waals surface area contributed by atoms with Crippen LogP contribution in [0.15, 0.2) is 59.5 Å². The van der Waals surface area contributed by atoms with E-state index in [-0.39, 0.29) is 30.5 Å². The molecule has 0 saturated heterocycles. The average molecular weight is 458 g/mol. The van der Waals surface area contributed by atoms with Crippen LogP contribution in [0.5, 0.6) is 5.75 Å². The third-order valence-corrected chi connectivity index (χ3v) is 6.29. The maximum absolute atomic E-state index is 12.3. The van der Waals surface area contributed by atoms with Crippen LogP contribution in [-0.4, -0.2) is 50.6 Å². The summed E-state index contributed by atoms with van der Waals surface area (Å²) in [5.41, 5.74) is 4.20. The second-order valence-electron chi connectivity index (χ2n) is 7.44. The lowest BCUT2D eigenvalue weighted by Crippen LogP contribution is -2.10. The van der Waals surface area contributed by atoms with E-state index in [1.807, 2.05) is 41.8 Å². The molecule has 1 N–H and O–H groups in total. The van der Waals surface area contributed by atoms with Gasteiger partial charge in [-0.25, -0.2) is 8.42 Å². The first-order valence-electron chi connectivity index (χ1n) is 10.2. The predicted molar refractivity (Wildman–Crippen MR) is 122 cm³/mol. The summed E-state index contributed by atoms with van der Waals surface area (Å²) < 4.78 is 36.1. The van der Waals surface area contributed by atoms with Gasteiger partial charge < -0.3 is 19.1 Å². The molecule has 170 valence electrons. The number of benzene rings is 2. The molecule has 0 bridgehead atoms. The molecule has 0 spiro atoms. The Morgan fingerprint density at radius 3 is 2.28 bits per heavy atom. The van der Waals surface area contributed by atoms with Gasteiger partial charge in [-0.15, -0.1) is 0 Å². The Hall–Kier alpha value is -3.10. The summed E-state index contributed by atoms with van der Waals surface area (Å²) in [5, 5.41) is 8.87. The van der Waals surface area contributed by atoms with Gasteiger partial charge in [-0.05, 0) is 60.5 Å². The number of aliphatic hydroxyl groups excluding tert-OH is 1. The second-order valence-corrected chi connectivity index (χ2v) is 9.46. The number of methoxy groups -OCH3 is 1. The number of rotatable bonds is 9. The molecular weight excluding hydrogens is 430 g/mol. The fourth-order valence-corrected chi connectivity index (χ4v) is 4.07. The second kappa shape index (κ2) is 10.0. The van der Waals surface area contributed by atoms with E-state index in [0.29, 0.717) is 6.42 Å². The highest BCUT2D eigenvalue weighted by Gasteiger charge is 2.18. The largest absolute Gasteiger partial charge is 0.497 e. The Bertz CT molecular complexity index is 1180. The topological polar surface area (TPSA) is 94.8 Å². The van der Waals surface area contributed by atoms with Gasteiger partial charge in [-0.2, -0.15) is 0 Å². The Labute approximate surface area is 188 Å². The van der Waals surface area contributed by atoms with Crippen molar-refractivity contribution in [2.24, 2.45) is 0 Å². The number of carbonyl (C=O) groups excluding carboxylic acids is 1. The summed E-state index contributed by atoms with van der Waals surface area (Å²) in [6.45, 7) is 2.07. The fourth-order valence-electron chi connectivity index (χ4n) is 3.44. The van der Waals surface area contributed by atoms with E-state index in [0.717, 1.165) is 34.0 Å². The monoisotopic (exact) mass is 457 g/mol. The van der Waals surface area contributed by atoms with Crippen molar-refractivity contribution in [1.82, 2.24) is 4.57 Å². The number of hydrogen-bond donors (Lipinski definition) is 1. The summed E-state index contributed by atoms with van der Waals surface area (Å²) in [4.78, 5) is 12.5. The van der Waals surface area contributed by atoms with Crippen LogP contribution in [0.4, 0.5) is 0 Å². The number of esters is 1. The summed E-state index contributed by atoms with van der Waals surface area (Å²) >= 11 is 0. The van der Waals surface area contributed by atoms with Gasteiger partial charge in [-0.3, -0.25) is 4.79 Å². The first-order valence-corrected chi connectivity index (χ1v) is 12.1. The van der Waals surface area contributed by atoms with E-state index in [1.165, 1.54) is 6.26 Å². The van der Waals surface area contributed by atoms with Crippen LogP contribution in [0.2, 0.25) is 0 Å². The molecule has 0 aliphatic carbocycles. The molecule has 3 aromatic rings. The predicted octanol–water partition coefficient (Wildman–Crippen LogP) is 3.33. The van der Waals surface area contributed by atoms with E-state index in [9.17, 15) is 13.2 Å². The molecule has 3 rings (SSSR count). The third kappa shape index (κ3) is 5.38. The van der Waals surface area contributed by atoms with Crippen molar-refractivity contribution < 1.29 is 27.8 Å². The molecule has 2 aromatic carbocycles. The van der Waals surface area contributed by atoms with Crippen LogP contribution in [0, 0.1) is 6.92 Å². The molecular formula is C24H27NO6S. The molecule has 0 unspecified atom stereocenters. The van der Waals surface area contributed by atoms with Crippen molar-refractivity contribution in [2.45, 2.75) is 24.7 Å². The van der Waals surface area contributed by atoms with Crippen LogP contribution in [0.1, 0.15) is 17.7 Å². The number of aromatic nitrogens is 1. The molecule has 0 amide bonds. The van der Waals surface area contributed by atoms with Gasteiger partial charge in [0, 0.05) is 30.7 Å². The molecule has 7 nitrogen and oxygen atoms in total. The minimum Gasteiger partial charge on any atom is -0.497 e. The first kappa shape index (κ1) is 23.6. The van der Waals surface area contributed by atoms with Crippen LogP contribution < -0.4 is 4.74 Å². The van der Waals surface area contributed by atoms with E-state index in [4.69, 9.17) is 14.6 Å². The smallest absolute Gasteiger partial charge is 0.310 e. The van der Waals surface area contributed by atoms with Crippen molar-refractivity contribution in [3.8, 4) is 22.7 Å². The van der Waals surface area contributed by atoms with Gasteiger partial charge in [0.2, 0.25) is 0 Å². The minimum absolute atomic E-state index is 0.0340. The zero-order chi connectivity index (χ0) is 23.3. The number of ether oxygens (including phenoxy) is 2. The van der Waals surface area contributed by atoms with Gasteiger partial charge in [-0.1, -0.05) is 12.1 Å². The van der Waals surface area contributed by atoms with Crippen LogP contribution in [-0.2, 0) is 25.8 Å². The maximum Gasteiger partial charge on any atom is 0.310 e.